The van der Waals surface area contributed by atoms with Crippen molar-refractivity contribution < 1.29 is 81.7 Å². The maximum atomic E-state index is 9.58. The zero-order chi connectivity index (χ0) is 18.0. The first-order valence-electron chi connectivity index (χ1n) is 6.44. The van der Waals surface area contributed by atoms with Gasteiger partial charge in [-0.2, -0.15) is 13.1 Å². The zero-order valence-electron chi connectivity index (χ0n) is 14.1. The molecule has 158 valence electrons. The minimum atomic E-state index is -1.00. The summed E-state index contributed by atoms with van der Waals surface area (Å²) in [5, 5.41) is 24.5. The Labute approximate surface area is 180 Å². The van der Waals surface area contributed by atoms with E-state index in [2.05, 4.69) is 0 Å². The summed E-state index contributed by atoms with van der Waals surface area (Å²) in [6.07, 6.45) is 3.14. The van der Waals surface area contributed by atoms with Crippen LogP contribution in [0.25, 0.3) is 23.8 Å². The van der Waals surface area contributed by atoms with E-state index in [4.69, 9.17) is 31.9 Å². The number of carbonyl (C=O) groups excluding carboxylic acids is 4. The molecule has 0 aliphatic heterocycles. The van der Waals surface area contributed by atoms with Crippen molar-refractivity contribution in [1.29, 1.82) is 0 Å². The van der Waals surface area contributed by atoms with Crippen molar-refractivity contribution in [1.82, 2.24) is 0 Å². The largest absolute Gasteiger partial charge is 4.00 e. The zero-order valence-corrected chi connectivity index (χ0v) is 18.6. The molecule has 0 aromatic carbocycles. The van der Waals surface area contributed by atoms with E-state index >= 15 is 0 Å². The van der Waals surface area contributed by atoms with Crippen LogP contribution in [0.15, 0.2) is 0 Å². The second-order valence-corrected chi connectivity index (χ2v) is 3.96. The number of nitrogens with one attached hydrogen (secondary N) is 2. The molecule has 0 saturated heterocycles. The van der Waals surface area contributed by atoms with Gasteiger partial charge in [0, 0.05) is 19.2 Å². The van der Waals surface area contributed by atoms with Crippen LogP contribution in [0.4, 0.5) is 0 Å². The van der Waals surface area contributed by atoms with Gasteiger partial charge in [-0.1, -0.05) is 25.7 Å². The summed E-state index contributed by atoms with van der Waals surface area (Å²) >= 11 is 0. The summed E-state index contributed by atoms with van der Waals surface area (Å²) in [5.41, 5.74) is 13.6. The van der Waals surface area contributed by atoms with Crippen molar-refractivity contribution >= 4 is 23.9 Å². The fourth-order valence-corrected chi connectivity index (χ4v) is 0.895. The fourth-order valence-electron chi connectivity index (χ4n) is 0.895. The van der Waals surface area contributed by atoms with Gasteiger partial charge >= 0.3 is 66.0 Å². The van der Waals surface area contributed by atoms with E-state index < -0.39 is 36.7 Å². The van der Waals surface area contributed by atoms with Gasteiger partial charge in [-0.15, -0.1) is 0 Å². The molecule has 0 spiro atoms. The van der Waals surface area contributed by atoms with Gasteiger partial charge in [0.25, 0.3) is 12.8 Å². The molecular formula is C12H30N4O8Pt2+8. The van der Waals surface area contributed by atoms with Gasteiger partial charge in [-0.3, -0.25) is 0 Å². The van der Waals surface area contributed by atoms with E-state index in [0.717, 1.165) is 25.7 Å². The molecular weight excluding hydrogens is 718 g/mol. The molecule has 0 aliphatic carbocycles. The molecule has 0 heterocycles. The van der Waals surface area contributed by atoms with Gasteiger partial charge in [-0.25, -0.2) is 0 Å². The molecule has 0 fully saturated rings. The number of carbonyl (C=O) groups is 4. The summed E-state index contributed by atoms with van der Waals surface area (Å²) in [6.45, 7) is 1.11. The second kappa shape index (κ2) is 35.2. The molecule has 0 radical (unpaired) electrons. The van der Waals surface area contributed by atoms with E-state index in [0.29, 0.717) is 13.1 Å². The Bertz CT molecular complexity index is 293. The molecule has 0 unspecified atom stereocenters. The smallest absolute Gasteiger partial charge is 0.693 e. The summed E-state index contributed by atoms with van der Waals surface area (Å²) in [6, 6.07) is 0. The van der Waals surface area contributed by atoms with Crippen LogP contribution in [0.2, 0.25) is 0 Å². The van der Waals surface area contributed by atoms with Crippen LogP contribution in [0, 0.1) is 0 Å². The molecule has 0 amide bonds. The van der Waals surface area contributed by atoms with Gasteiger partial charge in [0.1, 0.15) is 0 Å². The van der Waals surface area contributed by atoms with E-state index in [-0.39, 0.29) is 54.4 Å². The SMILES string of the molecule is O=C([OH2+])CC(=O)[OH2+].O=C([OH2+])CC(=O)[OH2+].[NH-]CCCCCC[NH-].[NH2-].[NH2-].[Pt+4].[Pt+4]. The minimum absolute atomic E-state index is 0. The summed E-state index contributed by atoms with van der Waals surface area (Å²) in [4.78, 5) is 38.3. The van der Waals surface area contributed by atoms with Crippen molar-refractivity contribution in [2.45, 2.75) is 38.5 Å². The summed E-state index contributed by atoms with van der Waals surface area (Å²) < 4.78 is 0. The van der Waals surface area contributed by atoms with Crippen LogP contribution >= 0.6 is 0 Å². The molecule has 14 N–H and O–H groups in total. The topological polar surface area (TPSA) is 274 Å². The molecule has 0 rings (SSSR count). The predicted molar refractivity (Wildman–Crippen MR) is 91.1 cm³/mol. The minimum Gasteiger partial charge on any atom is -0.693 e. The first kappa shape index (κ1) is 44.5. The molecule has 14 heteroatoms. The van der Waals surface area contributed by atoms with Crippen LogP contribution in [0.1, 0.15) is 38.5 Å². The number of unbranched alkanes of at least 4 members (excludes halogenated alkanes) is 3. The first-order chi connectivity index (χ1) is 10.2. The van der Waals surface area contributed by atoms with E-state index in [1.54, 1.807) is 0 Å². The van der Waals surface area contributed by atoms with Crippen molar-refractivity contribution in [3.05, 3.63) is 23.8 Å². The molecule has 0 aromatic heterocycles. The molecule has 0 aromatic rings. The third-order valence-electron chi connectivity index (χ3n) is 1.75. The van der Waals surface area contributed by atoms with Crippen molar-refractivity contribution in [3.8, 4) is 0 Å². The number of hydrogen-bond donors (Lipinski definition) is 0. The van der Waals surface area contributed by atoms with E-state index in [1.165, 1.54) is 0 Å². The van der Waals surface area contributed by atoms with Crippen molar-refractivity contribution in [2.75, 3.05) is 13.1 Å². The molecule has 0 aliphatic rings. The monoisotopic (exact) mass is 748 g/mol. The summed E-state index contributed by atoms with van der Waals surface area (Å²) in [7, 11) is 0. The molecule has 0 atom stereocenters. The van der Waals surface area contributed by atoms with Crippen LogP contribution in [-0.2, 0) is 61.3 Å². The van der Waals surface area contributed by atoms with E-state index in [9.17, 15) is 19.2 Å². The van der Waals surface area contributed by atoms with Crippen molar-refractivity contribution in [2.24, 2.45) is 0 Å². The van der Waals surface area contributed by atoms with E-state index in [1.807, 2.05) is 0 Å². The fraction of sp³-hybridized carbons (Fsp3) is 0.667. The van der Waals surface area contributed by atoms with Crippen LogP contribution in [-0.4, -0.2) is 57.4 Å². The van der Waals surface area contributed by atoms with Crippen LogP contribution in [0.5, 0.6) is 0 Å². The van der Waals surface area contributed by atoms with Crippen LogP contribution in [0.3, 0.4) is 0 Å². The number of hydrogen-bond acceptors (Lipinski definition) is 4. The first-order valence-corrected chi connectivity index (χ1v) is 6.44. The predicted octanol–water partition coefficient (Wildman–Crippen LogP) is -0.162. The van der Waals surface area contributed by atoms with Crippen LogP contribution < -0.4 is 0 Å². The Morgan fingerprint density at radius 3 is 0.808 bits per heavy atom. The van der Waals surface area contributed by atoms with Gasteiger partial charge in [0.05, 0.1) is 0 Å². The van der Waals surface area contributed by atoms with Gasteiger partial charge in [0.15, 0.2) is 0 Å². The molecule has 0 saturated carbocycles. The second-order valence-electron chi connectivity index (χ2n) is 3.96. The standard InChI is InChI=1S/C6H14N2.2C3H4O4.2H2N.2Pt/c7-5-3-1-2-4-6-8;2*4-2(5)1-3(6)7;;;;/h7-8H,1-6H2;2*1H2,(H,4,5)(H,6,7);2*1H2;;/q-2;;;2*-1;2*+4/p+4. The van der Waals surface area contributed by atoms with Gasteiger partial charge in [0.2, 0.25) is 0 Å². The average Bonchev–Trinajstić information content (AvgIpc) is 2.33. The Morgan fingerprint density at radius 1 is 0.538 bits per heavy atom. The maximum Gasteiger partial charge on any atom is 4.00 e. The maximum absolute atomic E-state index is 9.58. The quantitative estimate of drug-likeness (QED) is 0.177. The Morgan fingerprint density at radius 2 is 0.731 bits per heavy atom. The third kappa shape index (κ3) is 77.1. The Balaban J connectivity index is -0.0000000388. The normalized spacial score (nSPS) is 7.31. The Hall–Kier alpha value is -0.903. The molecule has 0 bridgehead atoms. The molecule has 26 heavy (non-hydrogen) atoms. The van der Waals surface area contributed by atoms with Gasteiger partial charge in [-0.05, 0) is 0 Å². The number of nitrogens with two attached hydrogens (primary N) is 2. The van der Waals surface area contributed by atoms with Gasteiger partial charge < -0.3 is 44.2 Å². The van der Waals surface area contributed by atoms with Crippen molar-refractivity contribution in [3.63, 3.8) is 0 Å². The number of rotatable bonds is 9. The summed E-state index contributed by atoms with van der Waals surface area (Å²) in [5.74, 6) is -4.00. The Kier molecular flexibility index (Phi) is 60.3. The average molecular weight is 749 g/mol. The molecule has 12 nitrogen and oxygen atoms in total. The third-order valence-corrected chi connectivity index (χ3v) is 1.75.